The summed E-state index contributed by atoms with van der Waals surface area (Å²) in [6.45, 7) is -1.26. The zero-order valence-electron chi connectivity index (χ0n) is 7.73. The van der Waals surface area contributed by atoms with Gasteiger partial charge in [-0.1, -0.05) is 0 Å². The van der Waals surface area contributed by atoms with Crippen LogP contribution in [0, 0.1) is 0 Å². The highest BCUT2D eigenvalue weighted by molar-refractivity contribution is 9.10. The minimum absolute atomic E-state index is 0.119. The molecule has 3 nitrogen and oxygen atoms in total. The fourth-order valence-electron chi connectivity index (χ4n) is 1.04. The van der Waals surface area contributed by atoms with Crippen molar-refractivity contribution in [3.8, 4) is 0 Å². The minimum Gasteiger partial charge on any atom is -0.356 e. The van der Waals surface area contributed by atoms with Crippen molar-refractivity contribution in [3.63, 3.8) is 0 Å². The summed E-state index contributed by atoms with van der Waals surface area (Å²) < 4.78 is 36.5. The maximum absolute atomic E-state index is 12.0. The van der Waals surface area contributed by atoms with Crippen molar-refractivity contribution in [1.29, 1.82) is 0 Å². The molecule has 7 heteroatoms. The SMILES string of the molecule is CN(CC(F)(F)F)C(=O)c1cc(Br)c[nH]1. The van der Waals surface area contributed by atoms with Gasteiger partial charge in [0, 0.05) is 17.7 Å². The van der Waals surface area contributed by atoms with E-state index in [0.717, 1.165) is 7.05 Å². The molecule has 0 saturated carbocycles. The summed E-state index contributed by atoms with van der Waals surface area (Å²) in [5.74, 6) is -0.696. The van der Waals surface area contributed by atoms with E-state index in [1.54, 1.807) is 0 Å². The van der Waals surface area contributed by atoms with E-state index in [2.05, 4.69) is 20.9 Å². The molecule has 0 bridgehead atoms. The van der Waals surface area contributed by atoms with E-state index >= 15 is 0 Å². The van der Waals surface area contributed by atoms with Crippen LogP contribution in [0.3, 0.4) is 0 Å². The van der Waals surface area contributed by atoms with Crippen LogP contribution < -0.4 is 0 Å². The van der Waals surface area contributed by atoms with E-state index in [1.807, 2.05) is 0 Å². The first-order valence-corrected chi connectivity index (χ1v) is 4.75. The first-order valence-electron chi connectivity index (χ1n) is 3.96. The maximum atomic E-state index is 12.0. The molecular weight excluding hydrogens is 277 g/mol. The Kier molecular flexibility index (Phi) is 3.43. The fourth-order valence-corrected chi connectivity index (χ4v) is 1.38. The molecule has 0 aliphatic rings. The van der Waals surface area contributed by atoms with Gasteiger partial charge in [-0.3, -0.25) is 4.79 Å². The van der Waals surface area contributed by atoms with Crippen LogP contribution in [0.15, 0.2) is 16.7 Å². The second kappa shape index (κ2) is 4.26. The van der Waals surface area contributed by atoms with Crippen LogP contribution in [0.1, 0.15) is 10.5 Å². The number of carbonyl (C=O) groups excluding carboxylic acids is 1. The zero-order chi connectivity index (χ0) is 11.6. The van der Waals surface area contributed by atoms with Gasteiger partial charge in [-0.15, -0.1) is 0 Å². The fraction of sp³-hybridized carbons (Fsp3) is 0.375. The van der Waals surface area contributed by atoms with Crippen molar-refractivity contribution < 1.29 is 18.0 Å². The van der Waals surface area contributed by atoms with E-state index in [-0.39, 0.29) is 5.69 Å². The second-order valence-corrected chi connectivity index (χ2v) is 3.92. The number of hydrogen-bond acceptors (Lipinski definition) is 1. The molecule has 1 aromatic heterocycles. The van der Waals surface area contributed by atoms with Gasteiger partial charge in [0.1, 0.15) is 12.2 Å². The zero-order valence-corrected chi connectivity index (χ0v) is 9.32. The van der Waals surface area contributed by atoms with E-state index in [9.17, 15) is 18.0 Å². The van der Waals surface area contributed by atoms with Crippen LogP contribution in [0.4, 0.5) is 13.2 Å². The average molecular weight is 285 g/mol. The Hall–Kier alpha value is -0.980. The Morgan fingerprint density at radius 3 is 2.60 bits per heavy atom. The summed E-state index contributed by atoms with van der Waals surface area (Å²) in [7, 11) is 1.10. The highest BCUT2D eigenvalue weighted by Crippen LogP contribution is 2.17. The van der Waals surface area contributed by atoms with Gasteiger partial charge >= 0.3 is 6.18 Å². The monoisotopic (exact) mass is 284 g/mol. The summed E-state index contributed by atoms with van der Waals surface area (Å²) in [6.07, 6.45) is -2.90. The number of rotatable bonds is 2. The second-order valence-electron chi connectivity index (χ2n) is 3.01. The normalized spacial score (nSPS) is 11.5. The van der Waals surface area contributed by atoms with E-state index in [0.29, 0.717) is 9.37 Å². The summed E-state index contributed by atoms with van der Waals surface area (Å²) in [5, 5.41) is 0. The molecule has 1 N–H and O–H groups in total. The maximum Gasteiger partial charge on any atom is 0.406 e. The average Bonchev–Trinajstić information content (AvgIpc) is 2.47. The lowest BCUT2D eigenvalue weighted by molar-refractivity contribution is -0.138. The van der Waals surface area contributed by atoms with Gasteiger partial charge in [-0.25, -0.2) is 0 Å². The lowest BCUT2D eigenvalue weighted by Gasteiger charge is -2.17. The first-order chi connectivity index (χ1) is 6.79. The number of amides is 1. The lowest BCUT2D eigenvalue weighted by atomic mass is 10.3. The smallest absolute Gasteiger partial charge is 0.356 e. The van der Waals surface area contributed by atoms with Crippen LogP contribution >= 0.6 is 15.9 Å². The first kappa shape index (κ1) is 12.1. The molecule has 0 saturated heterocycles. The molecular formula is C8H8BrF3N2O. The third-order valence-electron chi connectivity index (χ3n) is 1.64. The van der Waals surface area contributed by atoms with Gasteiger partial charge in [0.25, 0.3) is 5.91 Å². The molecule has 0 unspecified atom stereocenters. The van der Waals surface area contributed by atoms with E-state index < -0.39 is 18.6 Å². The molecule has 84 valence electrons. The molecule has 1 amide bonds. The number of alkyl halides is 3. The van der Waals surface area contributed by atoms with Crippen LogP contribution in [0.5, 0.6) is 0 Å². The highest BCUT2D eigenvalue weighted by atomic mass is 79.9. The number of H-pyrrole nitrogens is 1. The van der Waals surface area contributed by atoms with Crippen molar-refractivity contribution in [3.05, 3.63) is 22.4 Å². The topological polar surface area (TPSA) is 36.1 Å². The molecule has 0 spiro atoms. The molecule has 0 aliphatic heterocycles. The Bertz CT molecular complexity index is 361. The number of halogens is 4. The predicted molar refractivity (Wildman–Crippen MR) is 51.5 cm³/mol. The van der Waals surface area contributed by atoms with Gasteiger partial charge < -0.3 is 9.88 Å². The molecule has 1 rings (SSSR count). The predicted octanol–water partition coefficient (Wildman–Crippen LogP) is 2.41. The molecule has 0 fully saturated rings. The lowest BCUT2D eigenvalue weighted by Crippen LogP contribution is -2.35. The molecule has 15 heavy (non-hydrogen) atoms. The molecule has 0 aliphatic carbocycles. The Morgan fingerprint density at radius 2 is 2.20 bits per heavy atom. The summed E-state index contributed by atoms with van der Waals surface area (Å²) in [6, 6.07) is 1.43. The van der Waals surface area contributed by atoms with Crippen molar-refractivity contribution in [2.75, 3.05) is 13.6 Å². The number of aromatic nitrogens is 1. The van der Waals surface area contributed by atoms with Crippen LogP contribution in [-0.2, 0) is 0 Å². The number of nitrogens with zero attached hydrogens (tertiary/aromatic N) is 1. The number of hydrogen-bond donors (Lipinski definition) is 1. The van der Waals surface area contributed by atoms with Gasteiger partial charge in [0.05, 0.1) is 0 Å². The summed E-state index contributed by atoms with van der Waals surface area (Å²) in [4.78, 5) is 14.6. The molecule has 0 aromatic carbocycles. The van der Waals surface area contributed by atoms with Crippen molar-refractivity contribution in [2.45, 2.75) is 6.18 Å². The standard InChI is InChI=1S/C8H8BrF3N2O/c1-14(4-8(10,11)12)7(15)6-2-5(9)3-13-6/h2-3,13H,4H2,1H3. The Labute approximate surface area is 92.4 Å². The number of carbonyl (C=O) groups is 1. The molecule has 1 heterocycles. The van der Waals surface area contributed by atoms with Crippen LogP contribution in [0.2, 0.25) is 0 Å². The summed E-state index contributed by atoms with van der Waals surface area (Å²) >= 11 is 3.09. The van der Waals surface area contributed by atoms with Gasteiger partial charge in [-0.2, -0.15) is 13.2 Å². The number of aromatic amines is 1. The quantitative estimate of drug-likeness (QED) is 0.890. The molecule has 0 atom stereocenters. The largest absolute Gasteiger partial charge is 0.406 e. The Balaban J connectivity index is 2.69. The van der Waals surface area contributed by atoms with Crippen molar-refractivity contribution >= 4 is 21.8 Å². The molecule has 0 radical (unpaired) electrons. The molecule has 1 aromatic rings. The van der Waals surface area contributed by atoms with Crippen LogP contribution in [-0.4, -0.2) is 35.6 Å². The highest BCUT2D eigenvalue weighted by Gasteiger charge is 2.31. The minimum atomic E-state index is -4.38. The summed E-state index contributed by atoms with van der Waals surface area (Å²) in [5.41, 5.74) is 0.119. The third-order valence-corrected chi connectivity index (χ3v) is 2.10. The van der Waals surface area contributed by atoms with Gasteiger partial charge in [0.2, 0.25) is 0 Å². The van der Waals surface area contributed by atoms with Crippen molar-refractivity contribution in [1.82, 2.24) is 9.88 Å². The van der Waals surface area contributed by atoms with Crippen molar-refractivity contribution in [2.24, 2.45) is 0 Å². The van der Waals surface area contributed by atoms with E-state index in [1.165, 1.54) is 12.3 Å². The van der Waals surface area contributed by atoms with Crippen LogP contribution in [0.25, 0.3) is 0 Å². The third kappa shape index (κ3) is 3.58. The van der Waals surface area contributed by atoms with Gasteiger partial charge in [-0.05, 0) is 22.0 Å². The van der Waals surface area contributed by atoms with E-state index in [4.69, 9.17) is 0 Å². The number of nitrogens with one attached hydrogen (secondary N) is 1. The Morgan fingerprint density at radius 1 is 1.60 bits per heavy atom. The van der Waals surface area contributed by atoms with Gasteiger partial charge in [0.15, 0.2) is 0 Å².